The van der Waals surface area contributed by atoms with Crippen LogP contribution in [0.2, 0.25) is 0 Å². The van der Waals surface area contributed by atoms with Gasteiger partial charge in [-0.3, -0.25) is 0 Å². The van der Waals surface area contributed by atoms with Crippen molar-refractivity contribution in [2.24, 2.45) is 0 Å². The van der Waals surface area contributed by atoms with E-state index in [-0.39, 0.29) is 18.6 Å². The van der Waals surface area contributed by atoms with Crippen LogP contribution in [0.25, 0.3) is 0 Å². The number of aryl methyl sites for hydroxylation is 2. The molecule has 27 heavy (non-hydrogen) atoms. The average Bonchev–Trinajstić information content (AvgIpc) is 2.45. The Morgan fingerprint density at radius 2 is 1.22 bits per heavy atom. The lowest BCUT2D eigenvalue weighted by atomic mass is 10.1. The van der Waals surface area contributed by atoms with Gasteiger partial charge in [-0.2, -0.15) is 26.3 Å². The smallest absolute Gasteiger partial charge is 0.419 e. The maximum atomic E-state index is 13.2. The van der Waals surface area contributed by atoms with Crippen molar-refractivity contribution < 1.29 is 39.9 Å². The maximum Gasteiger partial charge on any atom is 0.419 e. The van der Waals surface area contributed by atoms with Crippen LogP contribution >= 0.6 is 0 Å². The molecule has 0 unspecified atom stereocenters. The molecule has 0 aliphatic rings. The zero-order chi connectivity index (χ0) is 20.3. The predicted octanol–water partition coefficient (Wildman–Crippen LogP) is 6.95. The van der Waals surface area contributed by atoms with E-state index in [1.165, 1.54) is 38.1 Å². The van der Waals surface area contributed by atoms with Crippen molar-refractivity contribution in [2.45, 2.75) is 33.6 Å². The van der Waals surface area contributed by atoms with E-state index < -0.39 is 40.9 Å². The number of benzene rings is 2. The third-order valence-electron chi connectivity index (χ3n) is 3.32. The van der Waals surface area contributed by atoms with Crippen molar-refractivity contribution in [3.8, 4) is 5.75 Å². The van der Waals surface area contributed by atoms with Gasteiger partial charge in [0.2, 0.25) is 0 Å². The molecule has 0 radical (unpaired) electrons. The van der Waals surface area contributed by atoms with Crippen LogP contribution in [0, 0.1) is 25.5 Å². The highest BCUT2D eigenvalue weighted by molar-refractivity contribution is 5.38. The van der Waals surface area contributed by atoms with Crippen molar-refractivity contribution in [1.82, 2.24) is 0 Å². The van der Waals surface area contributed by atoms with E-state index in [1.807, 2.05) is 0 Å². The summed E-state index contributed by atoms with van der Waals surface area (Å²) < 4.78 is 103. The Bertz CT molecular complexity index is 743. The molecule has 0 fully saturated rings. The van der Waals surface area contributed by atoms with Gasteiger partial charge in [-0.05, 0) is 37.1 Å². The fraction of sp³-hybridized carbons (Fsp3) is 0.333. The molecule has 0 saturated heterocycles. The minimum atomic E-state index is -4.69. The molecule has 152 valence electrons. The van der Waals surface area contributed by atoms with Crippen LogP contribution in [0.3, 0.4) is 0 Å². The van der Waals surface area contributed by atoms with E-state index in [0.29, 0.717) is 0 Å². The average molecular weight is 402 g/mol. The van der Waals surface area contributed by atoms with E-state index in [9.17, 15) is 35.1 Å². The molecule has 2 rings (SSSR count). The molecule has 2 aromatic carbocycles. The monoisotopic (exact) mass is 402 g/mol. The Labute approximate surface area is 151 Å². The van der Waals surface area contributed by atoms with Crippen LogP contribution in [-0.2, 0) is 12.4 Å². The third-order valence-corrected chi connectivity index (χ3v) is 3.32. The van der Waals surface area contributed by atoms with Gasteiger partial charge in [0.1, 0.15) is 5.82 Å². The topological polar surface area (TPSA) is 9.23 Å². The Hall–Kier alpha value is -2.32. The van der Waals surface area contributed by atoms with Crippen molar-refractivity contribution in [1.29, 1.82) is 0 Å². The van der Waals surface area contributed by atoms with Crippen LogP contribution in [0.4, 0.5) is 35.1 Å². The summed E-state index contributed by atoms with van der Waals surface area (Å²) in [5, 5.41) is 0. The van der Waals surface area contributed by atoms with Gasteiger partial charge in [0, 0.05) is 0 Å². The highest BCUT2D eigenvalue weighted by atomic mass is 19.4. The molecule has 0 atom stereocenters. The molecule has 0 spiro atoms. The van der Waals surface area contributed by atoms with E-state index >= 15 is 0 Å². The highest BCUT2D eigenvalue weighted by Gasteiger charge is 2.37. The third kappa shape index (κ3) is 6.11. The normalized spacial score (nSPS) is 11.2. The molecule has 2 aromatic rings. The van der Waals surface area contributed by atoms with E-state index in [0.717, 1.165) is 13.2 Å². The molecule has 0 aliphatic heterocycles. The summed E-state index contributed by atoms with van der Waals surface area (Å²) in [5.74, 6) is -2.98. The first-order chi connectivity index (χ1) is 11.8. The van der Waals surface area contributed by atoms with Gasteiger partial charge in [-0.15, -0.1) is 0 Å². The summed E-state index contributed by atoms with van der Waals surface area (Å²) in [6.07, 6.45) is -9.29. The van der Waals surface area contributed by atoms with Crippen molar-refractivity contribution in [3.63, 3.8) is 0 Å². The molecule has 1 nitrogen and oxygen atoms in total. The number of halogens is 8. The van der Waals surface area contributed by atoms with Gasteiger partial charge in [0.25, 0.3) is 0 Å². The van der Waals surface area contributed by atoms with Gasteiger partial charge >= 0.3 is 12.4 Å². The Kier molecular flexibility index (Phi) is 8.28. The first kappa shape index (κ1) is 24.7. The molecular weight excluding hydrogens is 384 g/mol. The zero-order valence-corrected chi connectivity index (χ0v) is 13.8. The fourth-order valence-electron chi connectivity index (χ4n) is 2.15. The molecule has 0 N–H and O–H groups in total. The Morgan fingerprint density at radius 3 is 1.59 bits per heavy atom. The standard InChI is InChI=1S/C9H8F4O.C8H6F4.CH4/c1-5-3-4-6(14-2)8(10)7(5)9(11,12)13;1-5-3-2-4-6(9)7(5)8(10,11)12;/h3-4H,1-2H3;2-4H,1H3;1H4. The second-order valence-corrected chi connectivity index (χ2v) is 5.20. The summed E-state index contributed by atoms with van der Waals surface area (Å²) in [7, 11) is 1.12. The Morgan fingerprint density at radius 1 is 0.741 bits per heavy atom. The lowest BCUT2D eigenvalue weighted by Crippen LogP contribution is -2.11. The van der Waals surface area contributed by atoms with Crippen LogP contribution in [0.5, 0.6) is 5.75 Å². The summed E-state index contributed by atoms with van der Waals surface area (Å²) in [4.78, 5) is 0. The summed E-state index contributed by atoms with van der Waals surface area (Å²) >= 11 is 0. The largest absolute Gasteiger partial charge is 0.494 e. The van der Waals surface area contributed by atoms with Gasteiger partial charge < -0.3 is 4.74 Å². The zero-order valence-electron chi connectivity index (χ0n) is 13.8. The first-order valence-corrected chi connectivity index (χ1v) is 7.03. The lowest BCUT2D eigenvalue weighted by molar-refractivity contribution is -0.141. The molecule has 9 heteroatoms. The molecule has 0 bridgehead atoms. The predicted molar refractivity (Wildman–Crippen MR) is 85.6 cm³/mol. The number of ether oxygens (including phenoxy) is 1. The second-order valence-electron chi connectivity index (χ2n) is 5.20. The quantitative estimate of drug-likeness (QED) is 0.469. The summed E-state index contributed by atoms with van der Waals surface area (Å²) in [5.41, 5.74) is -2.69. The molecule has 0 heterocycles. The van der Waals surface area contributed by atoms with E-state index in [2.05, 4.69) is 4.74 Å². The number of methoxy groups -OCH3 is 1. The van der Waals surface area contributed by atoms with Gasteiger partial charge in [0.05, 0.1) is 18.2 Å². The van der Waals surface area contributed by atoms with Crippen LogP contribution in [0.1, 0.15) is 29.7 Å². The number of rotatable bonds is 1. The van der Waals surface area contributed by atoms with Gasteiger partial charge in [-0.25, -0.2) is 8.78 Å². The second kappa shape index (κ2) is 9.05. The SMILES string of the molecule is C.COc1ccc(C)c(C(F)(F)F)c1F.Cc1cccc(F)c1C(F)(F)F. The molecular formula is C18H18F8O. The molecule has 0 saturated carbocycles. The number of hydrogen-bond donors (Lipinski definition) is 0. The van der Waals surface area contributed by atoms with E-state index in [1.54, 1.807) is 0 Å². The van der Waals surface area contributed by atoms with Gasteiger partial charge in [-0.1, -0.05) is 25.6 Å². The first-order valence-electron chi connectivity index (χ1n) is 7.03. The highest BCUT2D eigenvalue weighted by Crippen LogP contribution is 2.37. The molecule has 0 aromatic heterocycles. The number of hydrogen-bond acceptors (Lipinski definition) is 1. The lowest BCUT2D eigenvalue weighted by Gasteiger charge is -2.13. The van der Waals surface area contributed by atoms with Gasteiger partial charge in [0.15, 0.2) is 11.6 Å². The van der Waals surface area contributed by atoms with Crippen LogP contribution in [-0.4, -0.2) is 7.11 Å². The van der Waals surface area contributed by atoms with Crippen LogP contribution in [0.15, 0.2) is 30.3 Å². The van der Waals surface area contributed by atoms with Crippen molar-refractivity contribution in [2.75, 3.05) is 7.11 Å². The van der Waals surface area contributed by atoms with Crippen LogP contribution < -0.4 is 4.74 Å². The fourth-order valence-corrected chi connectivity index (χ4v) is 2.15. The number of alkyl halides is 6. The Balaban J connectivity index is 0.000000488. The molecule has 0 amide bonds. The van der Waals surface area contributed by atoms with E-state index in [4.69, 9.17) is 0 Å². The van der Waals surface area contributed by atoms with Crippen molar-refractivity contribution in [3.05, 3.63) is 64.2 Å². The van der Waals surface area contributed by atoms with Crippen molar-refractivity contribution >= 4 is 0 Å². The minimum Gasteiger partial charge on any atom is -0.494 e. The minimum absolute atomic E-state index is 0. The molecule has 0 aliphatic carbocycles. The summed E-state index contributed by atoms with van der Waals surface area (Å²) in [6.45, 7) is 2.43. The summed E-state index contributed by atoms with van der Waals surface area (Å²) in [6, 6.07) is 5.62. The maximum absolute atomic E-state index is 13.2.